The minimum Gasteiger partial charge on any atom is -0.388 e. The maximum atomic E-state index is 13.1. The van der Waals surface area contributed by atoms with E-state index in [1.165, 1.54) is 17.0 Å². The first kappa shape index (κ1) is 14.9. The highest BCUT2D eigenvalue weighted by Gasteiger charge is 2.32. The monoisotopic (exact) mass is 281 g/mol. The van der Waals surface area contributed by atoms with E-state index in [1.54, 1.807) is 19.2 Å². The van der Waals surface area contributed by atoms with Crippen molar-refractivity contribution in [1.29, 1.82) is 0 Å². The summed E-state index contributed by atoms with van der Waals surface area (Å²) in [6.45, 7) is 1.31. The number of rotatable bonds is 4. The van der Waals surface area contributed by atoms with Crippen molar-refractivity contribution in [3.05, 3.63) is 35.6 Å². The van der Waals surface area contributed by atoms with E-state index in [1.807, 2.05) is 0 Å². The second-order valence-corrected chi connectivity index (χ2v) is 5.39. The number of hydrogen-bond donors (Lipinski definition) is 1. The molecule has 0 aliphatic carbocycles. The van der Waals surface area contributed by atoms with Crippen LogP contribution < -0.4 is 0 Å². The summed E-state index contributed by atoms with van der Waals surface area (Å²) in [7, 11) is 1.66. The largest absolute Gasteiger partial charge is 0.388 e. The van der Waals surface area contributed by atoms with Gasteiger partial charge in [0, 0.05) is 39.6 Å². The van der Waals surface area contributed by atoms with Gasteiger partial charge in [0.05, 0.1) is 12.0 Å². The van der Waals surface area contributed by atoms with Crippen LogP contribution in [0.5, 0.6) is 0 Å². The summed E-state index contributed by atoms with van der Waals surface area (Å²) in [5.41, 5.74) is -0.231. The topological polar surface area (TPSA) is 49.8 Å². The van der Waals surface area contributed by atoms with Crippen LogP contribution in [0.1, 0.15) is 18.4 Å². The summed E-state index contributed by atoms with van der Waals surface area (Å²) in [6, 6.07) is 6.01. The zero-order valence-electron chi connectivity index (χ0n) is 11.6. The highest BCUT2D eigenvalue weighted by atomic mass is 19.1. The number of hydrogen-bond acceptors (Lipinski definition) is 3. The van der Waals surface area contributed by atoms with Gasteiger partial charge < -0.3 is 14.7 Å². The Hall–Kier alpha value is -1.46. The Morgan fingerprint density at radius 1 is 1.45 bits per heavy atom. The Kier molecular flexibility index (Phi) is 4.73. The second-order valence-electron chi connectivity index (χ2n) is 5.39. The van der Waals surface area contributed by atoms with Gasteiger partial charge in [0.15, 0.2) is 0 Å². The molecule has 1 aliphatic rings. The average molecular weight is 281 g/mol. The number of likely N-dealkylation sites (N-methyl/N-ethyl adjacent to an activating group) is 1. The molecule has 5 heteroatoms. The van der Waals surface area contributed by atoms with E-state index in [9.17, 15) is 14.3 Å². The molecule has 0 saturated carbocycles. The van der Waals surface area contributed by atoms with Crippen LogP contribution in [0.15, 0.2) is 24.3 Å². The molecule has 0 unspecified atom stereocenters. The van der Waals surface area contributed by atoms with Crippen molar-refractivity contribution in [1.82, 2.24) is 4.90 Å². The molecule has 1 N–H and O–H groups in total. The van der Waals surface area contributed by atoms with Crippen LogP contribution in [0.3, 0.4) is 0 Å². The van der Waals surface area contributed by atoms with Gasteiger partial charge >= 0.3 is 0 Å². The fraction of sp³-hybridized carbons (Fsp3) is 0.533. The first-order valence-electron chi connectivity index (χ1n) is 6.77. The Bertz CT molecular complexity index is 472. The highest BCUT2D eigenvalue weighted by molar-refractivity contribution is 5.78. The summed E-state index contributed by atoms with van der Waals surface area (Å²) < 4.78 is 18.3. The van der Waals surface area contributed by atoms with Crippen molar-refractivity contribution < 1.29 is 19.0 Å². The van der Waals surface area contributed by atoms with Crippen LogP contribution >= 0.6 is 0 Å². The Balaban J connectivity index is 1.91. The van der Waals surface area contributed by atoms with Gasteiger partial charge in [-0.05, 0) is 17.7 Å². The molecule has 1 saturated heterocycles. The van der Waals surface area contributed by atoms with Gasteiger partial charge in [-0.15, -0.1) is 0 Å². The summed E-state index contributed by atoms with van der Waals surface area (Å²) in [4.78, 5) is 13.6. The fourth-order valence-electron chi connectivity index (χ4n) is 2.40. The molecule has 2 rings (SSSR count). The maximum Gasteiger partial charge on any atom is 0.226 e. The molecule has 1 aromatic rings. The van der Waals surface area contributed by atoms with E-state index in [2.05, 4.69) is 0 Å². The summed E-state index contributed by atoms with van der Waals surface area (Å²) in [6.07, 6.45) is 1.20. The number of amides is 1. The molecule has 4 nitrogen and oxygen atoms in total. The minimum absolute atomic E-state index is 0.129. The van der Waals surface area contributed by atoms with Crippen molar-refractivity contribution in [3.63, 3.8) is 0 Å². The molecule has 1 heterocycles. The summed E-state index contributed by atoms with van der Waals surface area (Å²) in [5.74, 6) is -0.475. The van der Waals surface area contributed by atoms with Crippen molar-refractivity contribution in [2.24, 2.45) is 0 Å². The molecule has 20 heavy (non-hydrogen) atoms. The van der Waals surface area contributed by atoms with Gasteiger partial charge in [-0.3, -0.25) is 4.79 Å². The molecule has 1 aromatic carbocycles. The van der Waals surface area contributed by atoms with Gasteiger partial charge in [-0.25, -0.2) is 4.39 Å². The van der Waals surface area contributed by atoms with Gasteiger partial charge in [0.2, 0.25) is 5.91 Å². The molecule has 0 bridgehead atoms. The van der Waals surface area contributed by atoms with E-state index < -0.39 is 5.60 Å². The SMILES string of the molecule is CN(CC1(O)CCOCC1)C(=O)Cc1cccc(F)c1. The predicted molar refractivity (Wildman–Crippen MR) is 72.7 cm³/mol. The first-order valence-corrected chi connectivity index (χ1v) is 6.77. The lowest BCUT2D eigenvalue weighted by Gasteiger charge is -2.35. The number of aliphatic hydroxyl groups is 1. The van der Waals surface area contributed by atoms with E-state index in [0.29, 0.717) is 31.6 Å². The van der Waals surface area contributed by atoms with E-state index in [-0.39, 0.29) is 24.7 Å². The fourth-order valence-corrected chi connectivity index (χ4v) is 2.40. The van der Waals surface area contributed by atoms with Crippen LogP contribution in [-0.4, -0.2) is 48.3 Å². The van der Waals surface area contributed by atoms with Crippen molar-refractivity contribution in [3.8, 4) is 0 Å². The molecule has 0 spiro atoms. The smallest absolute Gasteiger partial charge is 0.226 e. The number of halogens is 1. The molecule has 1 amide bonds. The third-order valence-corrected chi connectivity index (χ3v) is 3.63. The standard InChI is InChI=1S/C15H20FNO3/c1-17(11-15(19)5-7-20-8-6-15)14(18)10-12-3-2-4-13(16)9-12/h2-4,9,19H,5-8,10-11H2,1H3. The zero-order chi connectivity index (χ0) is 14.6. The zero-order valence-corrected chi connectivity index (χ0v) is 11.6. The maximum absolute atomic E-state index is 13.1. The second kappa shape index (κ2) is 6.33. The van der Waals surface area contributed by atoms with Gasteiger partial charge in [0.25, 0.3) is 0 Å². The lowest BCUT2D eigenvalue weighted by Crippen LogP contribution is -2.47. The van der Waals surface area contributed by atoms with Crippen molar-refractivity contribution in [2.45, 2.75) is 24.9 Å². The number of carbonyl (C=O) groups is 1. The molecule has 1 aliphatic heterocycles. The minimum atomic E-state index is -0.870. The Morgan fingerprint density at radius 2 is 2.15 bits per heavy atom. The van der Waals surface area contributed by atoms with Gasteiger partial charge in [-0.2, -0.15) is 0 Å². The lowest BCUT2D eigenvalue weighted by atomic mass is 9.94. The molecule has 0 radical (unpaired) electrons. The number of benzene rings is 1. The van der Waals surface area contributed by atoms with Crippen LogP contribution in [0, 0.1) is 5.82 Å². The molecule has 110 valence electrons. The van der Waals surface area contributed by atoms with Crippen LogP contribution in [-0.2, 0) is 16.0 Å². The van der Waals surface area contributed by atoms with E-state index in [4.69, 9.17) is 4.74 Å². The predicted octanol–water partition coefficient (Wildman–Crippen LogP) is 1.37. The number of carbonyl (C=O) groups excluding carboxylic acids is 1. The van der Waals surface area contributed by atoms with Gasteiger partial charge in [0.1, 0.15) is 5.82 Å². The van der Waals surface area contributed by atoms with Crippen LogP contribution in [0.2, 0.25) is 0 Å². The normalized spacial score (nSPS) is 17.8. The third kappa shape index (κ3) is 4.02. The summed E-state index contributed by atoms with van der Waals surface area (Å²) in [5, 5.41) is 10.4. The quantitative estimate of drug-likeness (QED) is 0.907. The summed E-state index contributed by atoms with van der Waals surface area (Å²) >= 11 is 0. The van der Waals surface area contributed by atoms with Crippen molar-refractivity contribution in [2.75, 3.05) is 26.8 Å². The van der Waals surface area contributed by atoms with Gasteiger partial charge in [-0.1, -0.05) is 12.1 Å². The number of ether oxygens (including phenoxy) is 1. The van der Waals surface area contributed by atoms with E-state index in [0.717, 1.165) is 0 Å². The molecular weight excluding hydrogens is 261 g/mol. The average Bonchev–Trinajstić information content (AvgIpc) is 2.39. The Labute approximate surface area is 118 Å². The number of nitrogens with zero attached hydrogens (tertiary/aromatic N) is 1. The molecule has 0 atom stereocenters. The highest BCUT2D eigenvalue weighted by Crippen LogP contribution is 2.21. The molecule has 0 aromatic heterocycles. The molecular formula is C15H20FNO3. The lowest BCUT2D eigenvalue weighted by molar-refractivity contribution is -0.136. The third-order valence-electron chi connectivity index (χ3n) is 3.63. The van der Waals surface area contributed by atoms with E-state index >= 15 is 0 Å². The van der Waals surface area contributed by atoms with Crippen LogP contribution in [0.25, 0.3) is 0 Å². The molecule has 1 fully saturated rings. The van der Waals surface area contributed by atoms with Crippen molar-refractivity contribution >= 4 is 5.91 Å². The first-order chi connectivity index (χ1) is 9.48. The van der Waals surface area contributed by atoms with Crippen LogP contribution in [0.4, 0.5) is 4.39 Å². The Morgan fingerprint density at radius 3 is 2.80 bits per heavy atom.